The quantitative estimate of drug-likeness (QED) is 0.0193. The van der Waals surface area contributed by atoms with Crippen molar-refractivity contribution in [1.29, 1.82) is 0 Å². The Bertz CT molecular complexity index is 4450. The number of carboxylic acids is 1. The highest BCUT2D eigenvalue weighted by Crippen LogP contribution is 2.44. The van der Waals surface area contributed by atoms with Gasteiger partial charge in [-0.3, -0.25) is 33.8 Å². The molecule has 4 heterocycles. The molecule has 5 aromatic carbocycles. The molecule has 0 aliphatic heterocycles. The number of imidazole rings is 2. The van der Waals surface area contributed by atoms with Crippen molar-refractivity contribution in [3.05, 3.63) is 254 Å². The first-order valence-corrected chi connectivity index (χ1v) is 42.4. The van der Waals surface area contributed by atoms with E-state index >= 15 is 4.79 Å². The summed E-state index contributed by atoms with van der Waals surface area (Å²) in [6, 6.07) is 47.2. The maximum absolute atomic E-state index is 15.6. The molecule has 620 valence electrons. The summed E-state index contributed by atoms with van der Waals surface area (Å²) in [5.74, 6) is 1.93. The summed E-state index contributed by atoms with van der Waals surface area (Å²) in [5, 5.41) is 19.8. The van der Waals surface area contributed by atoms with Gasteiger partial charge in [0.25, 0.3) is 5.91 Å². The molecule has 25 heteroatoms. The molecule has 2 fully saturated rings. The number of carbonyl (C=O) groups is 6. The van der Waals surface area contributed by atoms with Crippen LogP contribution in [-0.4, -0.2) is 143 Å². The van der Waals surface area contributed by atoms with Crippen LogP contribution >= 0.6 is 23.2 Å². The second kappa shape index (κ2) is 45.5. The van der Waals surface area contributed by atoms with Crippen LogP contribution in [0.4, 0.5) is 11.6 Å². The van der Waals surface area contributed by atoms with Crippen LogP contribution in [-0.2, 0) is 91.8 Å². The van der Waals surface area contributed by atoms with Crippen LogP contribution in [0.2, 0.25) is 10.0 Å². The fourth-order valence-corrected chi connectivity index (χ4v) is 16.1. The first-order valence-electron chi connectivity index (χ1n) is 41.7. The number of aromatic nitrogens is 6. The van der Waals surface area contributed by atoms with E-state index in [-0.39, 0.29) is 74.6 Å². The van der Waals surface area contributed by atoms with Crippen LogP contribution in [0.3, 0.4) is 0 Å². The lowest BCUT2D eigenvalue weighted by atomic mass is 9.68. The Balaban J connectivity index is 0.745. The molecule has 2 aliphatic rings. The number of hydrogen-bond acceptors (Lipinski definition) is 15. The molecular formula is C92H113Cl2N13O10. The number of halogens is 2. The highest BCUT2D eigenvalue weighted by Gasteiger charge is 2.45. The Morgan fingerprint density at radius 1 is 0.470 bits per heavy atom. The summed E-state index contributed by atoms with van der Waals surface area (Å²) in [4.78, 5) is 116. The molecule has 9 aromatic rings. The van der Waals surface area contributed by atoms with Crippen LogP contribution in [0.25, 0.3) is 0 Å². The normalized spacial score (nSPS) is 13.8. The van der Waals surface area contributed by atoms with Crippen molar-refractivity contribution in [3.8, 4) is 5.75 Å². The molecule has 2 saturated carbocycles. The molecule has 5 amide bonds. The summed E-state index contributed by atoms with van der Waals surface area (Å²) in [7, 11) is 0. The number of benzene rings is 5. The molecule has 23 nitrogen and oxygen atoms in total. The van der Waals surface area contributed by atoms with Gasteiger partial charge in [0, 0.05) is 112 Å². The molecule has 0 unspecified atom stereocenters. The number of pyridine rings is 2. The Morgan fingerprint density at radius 3 is 1.40 bits per heavy atom. The molecule has 0 atom stereocenters. The topological polar surface area (TPSA) is 283 Å². The van der Waals surface area contributed by atoms with Gasteiger partial charge >= 0.3 is 5.97 Å². The van der Waals surface area contributed by atoms with Gasteiger partial charge < -0.3 is 55.0 Å². The van der Waals surface area contributed by atoms with Crippen molar-refractivity contribution < 1.29 is 48.1 Å². The van der Waals surface area contributed by atoms with Crippen molar-refractivity contribution in [1.82, 2.24) is 54.8 Å². The van der Waals surface area contributed by atoms with Crippen molar-refractivity contribution in [2.45, 2.75) is 205 Å². The fourth-order valence-electron chi connectivity index (χ4n) is 15.8. The van der Waals surface area contributed by atoms with Crippen molar-refractivity contribution >= 4 is 70.3 Å². The highest BCUT2D eigenvalue weighted by atomic mass is 35.5. The lowest BCUT2D eigenvalue weighted by molar-refractivity contribution is -0.141. The number of hydrogen-bond donors (Lipinski definition) is 6. The number of aromatic amines is 2. The lowest BCUT2D eigenvalue weighted by Crippen LogP contribution is -2.48. The van der Waals surface area contributed by atoms with Crippen LogP contribution in [0, 0.1) is 0 Å². The van der Waals surface area contributed by atoms with E-state index in [1.807, 2.05) is 119 Å². The zero-order chi connectivity index (χ0) is 82.0. The molecule has 11 rings (SSSR count). The minimum absolute atomic E-state index is 0.00764. The van der Waals surface area contributed by atoms with Gasteiger partial charge in [-0.05, 0) is 170 Å². The molecule has 117 heavy (non-hydrogen) atoms. The van der Waals surface area contributed by atoms with Crippen molar-refractivity contribution in [2.24, 2.45) is 0 Å². The van der Waals surface area contributed by atoms with Gasteiger partial charge in [-0.15, -0.1) is 0 Å². The SMILES string of the molecule is CCCCCC(=O)Nc1cccc(CN(Cc2cc(CN(Cc3cccc(NC(=O)CCCCC)n3)Cc3ncc[nH]3)cc(OCCCCN(Cc3ccc(C(=O)NCCOCCOCCN(Cc4ccc(C(=O)O)cc4)C(=O)C4(c5ccc(Cl)cc5)CCCCC4)cc3)C(=O)C3(c4ccc(Cl)cc4)CCCCC3)c2)Cc2ncc[nH]2)n1. The summed E-state index contributed by atoms with van der Waals surface area (Å²) >= 11 is 12.8. The molecular weight excluding hydrogens is 1520 g/mol. The zero-order valence-corrected chi connectivity index (χ0v) is 69.2. The lowest BCUT2D eigenvalue weighted by Gasteiger charge is -2.40. The third kappa shape index (κ3) is 26.9. The molecule has 4 aromatic heterocycles. The minimum Gasteiger partial charge on any atom is -0.494 e. The molecule has 6 N–H and O–H groups in total. The number of aromatic carboxylic acids is 1. The Morgan fingerprint density at radius 2 is 0.940 bits per heavy atom. The number of ether oxygens (including phenoxy) is 3. The Hall–Kier alpha value is -10.1. The van der Waals surface area contributed by atoms with E-state index in [9.17, 15) is 29.1 Å². The average molecular weight is 1630 g/mol. The van der Waals surface area contributed by atoms with E-state index in [0.29, 0.717) is 150 Å². The number of nitrogens with one attached hydrogen (secondary N) is 5. The van der Waals surface area contributed by atoms with Gasteiger partial charge in [-0.1, -0.05) is 168 Å². The van der Waals surface area contributed by atoms with Gasteiger partial charge in [0.05, 0.1) is 73.9 Å². The van der Waals surface area contributed by atoms with Crippen LogP contribution in [0.5, 0.6) is 5.75 Å². The number of H-pyrrole nitrogens is 2. The number of nitrogens with zero attached hydrogens (tertiary/aromatic N) is 8. The minimum atomic E-state index is -1.02. The Kier molecular flexibility index (Phi) is 34.1. The predicted molar refractivity (Wildman–Crippen MR) is 455 cm³/mol. The van der Waals surface area contributed by atoms with Gasteiger partial charge in [0.1, 0.15) is 29.0 Å². The maximum Gasteiger partial charge on any atom is 0.335 e. The van der Waals surface area contributed by atoms with Crippen LogP contribution in [0.1, 0.15) is 219 Å². The summed E-state index contributed by atoms with van der Waals surface area (Å²) in [6.07, 6.45) is 23.5. The van der Waals surface area contributed by atoms with E-state index in [1.165, 1.54) is 0 Å². The van der Waals surface area contributed by atoms with Crippen LogP contribution in [0.15, 0.2) is 176 Å². The highest BCUT2D eigenvalue weighted by molar-refractivity contribution is 6.30. The van der Waals surface area contributed by atoms with E-state index in [1.54, 1.807) is 48.8 Å². The van der Waals surface area contributed by atoms with Gasteiger partial charge in [0.2, 0.25) is 23.6 Å². The van der Waals surface area contributed by atoms with E-state index < -0.39 is 16.8 Å². The second-order valence-electron chi connectivity index (χ2n) is 30.9. The van der Waals surface area contributed by atoms with Crippen molar-refractivity contribution in [2.75, 3.05) is 63.3 Å². The summed E-state index contributed by atoms with van der Waals surface area (Å²) in [6.45, 7) is 10.0. The number of carboxylic acid groups (broad SMARTS) is 1. The monoisotopic (exact) mass is 1630 g/mol. The summed E-state index contributed by atoms with van der Waals surface area (Å²) in [5.41, 5.74) is 6.30. The number of amides is 5. The largest absolute Gasteiger partial charge is 0.494 e. The van der Waals surface area contributed by atoms with E-state index in [0.717, 1.165) is 133 Å². The maximum atomic E-state index is 15.6. The first kappa shape index (κ1) is 87.7. The molecule has 2 aliphatic carbocycles. The van der Waals surface area contributed by atoms with Gasteiger partial charge in [-0.25, -0.2) is 24.7 Å². The standard InChI is InChI=1S/C92H113Cl2N13O10/c1-3-5-9-23-85(108)102-81-21-17-19-78(100-81)64-104(66-83-95-45-46-96-83)60-70-57-71(61-105(67-84-97-47-48-98-84)65-79-20-18-22-82(101-79)103-86(109)24-10-6-4-2)59-80(58-70)117-52-16-15-50-106(89(113)91(41-11-7-12-42-91)74-33-37-76(93)38-34-74)62-68-25-29-72(30-26-68)87(110)99-49-53-115-55-56-116-54-51-107(63-69-27-31-73(32-28-69)88(111)112)90(114)92(43-13-8-14-44-92)75-35-39-77(94)40-36-75/h17-22,25-40,45-48,57-59H,3-16,23-24,41-44,49-56,60-67H2,1-2H3,(H,95,96)(H,97,98)(H,99,110)(H,111,112)(H,100,102,108)(H,101,103,109). The molecule has 0 saturated heterocycles. The number of rotatable bonds is 47. The summed E-state index contributed by atoms with van der Waals surface area (Å²) < 4.78 is 18.8. The van der Waals surface area contributed by atoms with Crippen LogP contribution < -0.4 is 20.7 Å². The fraction of sp³-hybridized carbons (Fsp3) is 0.435. The number of unbranched alkanes of at least 4 members (excludes halogenated alkanes) is 5. The van der Waals surface area contributed by atoms with E-state index in [4.69, 9.17) is 47.4 Å². The van der Waals surface area contributed by atoms with Crippen molar-refractivity contribution in [3.63, 3.8) is 0 Å². The molecule has 0 radical (unpaired) electrons. The van der Waals surface area contributed by atoms with E-state index in [2.05, 4.69) is 77.7 Å². The number of anilines is 2. The third-order valence-corrected chi connectivity index (χ3v) is 22.4. The third-order valence-electron chi connectivity index (χ3n) is 21.9. The second-order valence-corrected chi connectivity index (χ2v) is 31.7. The number of carbonyl (C=O) groups excluding carboxylic acids is 5. The molecule has 0 bridgehead atoms. The zero-order valence-electron chi connectivity index (χ0n) is 67.7. The predicted octanol–water partition coefficient (Wildman–Crippen LogP) is 17.2. The van der Waals surface area contributed by atoms with Gasteiger partial charge in [0.15, 0.2) is 0 Å². The Labute approximate surface area is 697 Å². The van der Waals surface area contributed by atoms with Gasteiger partial charge in [-0.2, -0.15) is 0 Å². The first-order chi connectivity index (χ1) is 57.0. The molecule has 0 spiro atoms. The smallest absolute Gasteiger partial charge is 0.335 e. The average Bonchev–Trinajstić information content (AvgIpc) is 0.846.